The summed E-state index contributed by atoms with van der Waals surface area (Å²) in [5.74, 6) is -0.232. The molecule has 3 atom stereocenters. The van der Waals surface area contributed by atoms with E-state index < -0.39 is 10.9 Å². The molecule has 1 aromatic rings. The number of esters is 1. The summed E-state index contributed by atoms with van der Waals surface area (Å²) in [6.07, 6.45) is 3.88. The molecule has 2 aliphatic rings. The van der Waals surface area contributed by atoms with Crippen molar-refractivity contribution in [1.29, 1.82) is 0 Å². The van der Waals surface area contributed by atoms with Gasteiger partial charge in [-0.05, 0) is 50.3 Å². The zero-order valence-electron chi connectivity index (χ0n) is 15.6. The van der Waals surface area contributed by atoms with E-state index in [9.17, 15) is 19.7 Å². The number of fused-ring (bicyclic) bond motifs is 1. The van der Waals surface area contributed by atoms with Crippen molar-refractivity contribution in [2.24, 2.45) is 11.3 Å². The molecule has 0 radical (unpaired) electrons. The van der Waals surface area contributed by atoms with E-state index in [2.05, 4.69) is 6.58 Å². The Labute approximate surface area is 158 Å². The monoisotopic (exact) mass is 369 g/mol. The third-order valence-electron chi connectivity index (χ3n) is 5.90. The summed E-state index contributed by atoms with van der Waals surface area (Å²) >= 11 is 0. The number of nitrogens with zero attached hydrogens (tertiary/aromatic N) is 1. The van der Waals surface area contributed by atoms with Gasteiger partial charge < -0.3 is 4.74 Å². The maximum Gasteiger partial charge on any atom is 0.338 e. The highest BCUT2D eigenvalue weighted by molar-refractivity contribution is 5.92. The number of hydrogen-bond acceptors (Lipinski definition) is 5. The lowest BCUT2D eigenvalue weighted by Gasteiger charge is -2.47. The fourth-order valence-electron chi connectivity index (χ4n) is 3.97. The molecule has 1 fully saturated rings. The SMILES string of the molecule is C=C(C)[C@@H]1CC2=CC(=O)CC[C@@]2(C)[C@H](OC(=O)c2ccc([N+](=O)[O-])cc2)C1. The van der Waals surface area contributed by atoms with Gasteiger partial charge >= 0.3 is 5.97 Å². The third kappa shape index (κ3) is 3.70. The molecule has 2 aliphatic carbocycles. The van der Waals surface area contributed by atoms with E-state index in [0.29, 0.717) is 19.3 Å². The summed E-state index contributed by atoms with van der Waals surface area (Å²) in [6, 6.07) is 5.40. The first-order valence-corrected chi connectivity index (χ1v) is 9.05. The van der Waals surface area contributed by atoms with Crippen molar-refractivity contribution >= 4 is 17.4 Å². The van der Waals surface area contributed by atoms with Crippen molar-refractivity contribution in [3.8, 4) is 0 Å². The second-order valence-electron chi connectivity index (χ2n) is 7.73. The molecule has 0 unspecified atom stereocenters. The molecule has 0 amide bonds. The molecule has 0 heterocycles. The molecule has 142 valence electrons. The molecule has 1 aromatic carbocycles. The Morgan fingerprint density at radius 2 is 2.00 bits per heavy atom. The smallest absolute Gasteiger partial charge is 0.338 e. The van der Waals surface area contributed by atoms with E-state index in [4.69, 9.17) is 4.74 Å². The summed E-state index contributed by atoms with van der Waals surface area (Å²) in [4.78, 5) is 34.8. The molecular weight excluding hydrogens is 346 g/mol. The molecule has 0 aliphatic heterocycles. The average Bonchev–Trinajstić information content (AvgIpc) is 2.62. The number of ketones is 1. The minimum Gasteiger partial charge on any atom is -0.458 e. The van der Waals surface area contributed by atoms with Crippen molar-refractivity contribution < 1.29 is 19.2 Å². The van der Waals surface area contributed by atoms with Crippen LogP contribution in [-0.2, 0) is 9.53 Å². The van der Waals surface area contributed by atoms with Crippen LogP contribution in [0.15, 0.2) is 48.1 Å². The van der Waals surface area contributed by atoms with Gasteiger partial charge in [0.25, 0.3) is 5.69 Å². The topological polar surface area (TPSA) is 86.5 Å². The molecule has 0 aromatic heterocycles. The lowest BCUT2D eigenvalue weighted by atomic mass is 9.60. The molecular formula is C21H23NO5. The summed E-state index contributed by atoms with van der Waals surface area (Å²) in [7, 11) is 0. The molecule has 0 saturated heterocycles. The van der Waals surface area contributed by atoms with Crippen molar-refractivity contribution in [2.75, 3.05) is 0 Å². The minimum atomic E-state index is -0.509. The molecule has 6 heteroatoms. The van der Waals surface area contributed by atoms with Crippen LogP contribution in [0.2, 0.25) is 0 Å². The van der Waals surface area contributed by atoms with Gasteiger partial charge in [-0.25, -0.2) is 4.79 Å². The van der Waals surface area contributed by atoms with Gasteiger partial charge in [0, 0.05) is 24.0 Å². The Bertz CT molecular complexity index is 839. The van der Waals surface area contributed by atoms with Gasteiger partial charge in [-0.3, -0.25) is 14.9 Å². The first kappa shape index (κ1) is 19.0. The second-order valence-corrected chi connectivity index (χ2v) is 7.73. The summed E-state index contributed by atoms with van der Waals surface area (Å²) in [5, 5.41) is 10.8. The van der Waals surface area contributed by atoms with Gasteiger partial charge in [0.1, 0.15) is 6.10 Å². The van der Waals surface area contributed by atoms with Crippen LogP contribution >= 0.6 is 0 Å². The molecule has 3 rings (SSSR count). The van der Waals surface area contributed by atoms with Crippen molar-refractivity contribution in [2.45, 2.75) is 45.6 Å². The summed E-state index contributed by atoms with van der Waals surface area (Å²) in [6.45, 7) is 8.04. The van der Waals surface area contributed by atoms with Crippen LogP contribution in [0.3, 0.4) is 0 Å². The van der Waals surface area contributed by atoms with E-state index >= 15 is 0 Å². The third-order valence-corrected chi connectivity index (χ3v) is 5.90. The largest absolute Gasteiger partial charge is 0.458 e. The molecule has 27 heavy (non-hydrogen) atoms. The van der Waals surface area contributed by atoms with Crippen LogP contribution in [0.1, 0.15) is 49.9 Å². The number of carbonyl (C=O) groups excluding carboxylic acids is 2. The molecule has 0 N–H and O–H groups in total. The number of non-ortho nitro benzene ring substituents is 1. The predicted molar refractivity (Wildman–Crippen MR) is 100 cm³/mol. The Morgan fingerprint density at radius 1 is 1.33 bits per heavy atom. The zero-order valence-corrected chi connectivity index (χ0v) is 15.6. The second kappa shape index (κ2) is 7.10. The Balaban J connectivity index is 1.85. The first-order chi connectivity index (χ1) is 12.7. The fraction of sp³-hybridized carbons (Fsp3) is 0.429. The maximum absolute atomic E-state index is 12.7. The Hall–Kier alpha value is -2.76. The number of allylic oxidation sites excluding steroid dienone is 2. The average molecular weight is 369 g/mol. The van der Waals surface area contributed by atoms with Crippen LogP contribution in [0.4, 0.5) is 5.69 Å². The van der Waals surface area contributed by atoms with Crippen molar-refractivity contribution in [3.63, 3.8) is 0 Å². The maximum atomic E-state index is 12.7. The number of hydrogen-bond donors (Lipinski definition) is 0. The van der Waals surface area contributed by atoms with Crippen LogP contribution in [0.5, 0.6) is 0 Å². The van der Waals surface area contributed by atoms with Gasteiger partial charge in [0.15, 0.2) is 5.78 Å². The summed E-state index contributed by atoms with van der Waals surface area (Å²) in [5.41, 5.74) is 1.87. The van der Waals surface area contributed by atoms with Crippen LogP contribution in [0.25, 0.3) is 0 Å². The van der Waals surface area contributed by atoms with E-state index in [1.54, 1.807) is 6.08 Å². The van der Waals surface area contributed by atoms with E-state index in [-0.39, 0.29) is 34.5 Å². The van der Waals surface area contributed by atoms with Crippen LogP contribution in [-0.4, -0.2) is 22.8 Å². The highest BCUT2D eigenvalue weighted by atomic mass is 16.6. The Kier molecular flexibility index (Phi) is 5.00. The predicted octanol–water partition coefficient (Wildman–Crippen LogP) is 4.40. The standard InChI is InChI=1S/C21H23NO5/c1-13(2)15-10-16-12-18(23)8-9-21(16,3)19(11-15)27-20(24)14-4-6-17(7-5-14)22(25)26/h4-7,12,15,19H,1,8-11H2,2-3H3/t15-,19-,21-/m1/s1. The normalized spacial score (nSPS) is 27.3. The van der Waals surface area contributed by atoms with Gasteiger partial charge in [-0.2, -0.15) is 0 Å². The lowest BCUT2D eigenvalue weighted by Crippen LogP contribution is -2.45. The number of benzene rings is 1. The van der Waals surface area contributed by atoms with E-state index in [0.717, 1.165) is 17.6 Å². The Morgan fingerprint density at radius 3 is 2.59 bits per heavy atom. The lowest BCUT2D eigenvalue weighted by molar-refractivity contribution is -0.384. The number of nitro benzene ring substituents is 1. The number of nitro groups is 1. The highest BCUT2D eigenvalue weighted by Gasteiger charge is 2.47. The van der Waals surface area contributed by atoms with E-state index in [1.165, 1.54) is 24.3 Å². The van der Waals surface area contributed by atoms with Crippen LogP contribution in [0, 0.1) is 21.4 Å². The van der Waals surface area contributed by atoms with Crippen molar-refractivity contribution in [1.82, 2.24) is 0 Å². The van der Waals surface area contributed by atoms with Crippen molar-refractivity contribution in [3.05, 3.63) is 63.7 Å². The number of carbonyl (C=O) groups is 2. The first-order valence-electron chi connectivity index (χ1n) is 9.05. The highest BCUT2D eigenvalue weighted by Crippen LogP contribution is 2.51. The quantitative estimate of drug-likeness (QED) is 0.340. The summed E-state index contributed by atoms with van der Waals surface area (Å²) < 4.78 is 5.86. The number of rotatable bonds is 4. The van der Waals surface area contributed by atoms with Gasteiger partial charge in [0.05, 0.1) is 10.5 Å². The minimum absolute atomic E-state index is 0.0745. The molecule has 6 nitrogen and oxygen atoms in total. The van der Waals surface area contributed by atoms with Gasteiger partial charge in [-0.1, -0.05) is 24.6 Å². The molecule has 1 saturated carbocycles. The number of ether oxygens (including phenoxy) is 1. The fourth-order valence-corrected chi connectivity index (χ4v) is 3.97. The molecule has 0 bridgehead atoms. The van der Waals surface area contributed by atoms with E-state index in [1.807, 2.05) is 13.8 Å². The van der Waals surface area contributed by atoms with Gasteiger partial charge in [-0.15, -0.1) is 0 Å². The van der Waals surface area contributed by atoms with Gasteiger partial charge in [0.2, 0.25) is 0 Å². The zero-order chi connectivity index (χ0) is 19.8. The molecule has 0 spiro atoms. The van der Waals surface area contributed by atoms with Crippen LogP contribution < -0.4 is 0 Å².